The second-order valence-corrected chi connectivity index (χ2v) is 4.75. The van der Waals surface area contributed by atoms with Gasteiger partial charge in [0.2, 0.25) is 17.3 Å². The number of phenolic OH excluding ortho intramolecular Hbond substituents is 3. The zero-order valence-corrected chi connectivity index (χ0v) is 11.5. The zero-order valence-electron chi connectivity index (χ0n) is 11.5. The lowest BCUT2D eigenvalue weighted by Gasteiger charge is -2.22. The van der Waals surface area contributed by atoms with Gasteiger partial charge >= 0.3 is 11.9 Å². The molecule has 1 aromatic rings. The summed E-state index contributed by atoms with van der Waals surface area (Å²) in [6, 6.07) is 0.473. The smallest absolute Gasteiger partial charge is 0.336 e. The SMILES string of the molecule is O=C(O)C1=CC(=O)C(=O)C(=O)C1c1c(C(=O)O)cc(O)c(O)c1O. The van der Waals surface area contributed by atoms with Gasteiger partial charge in [-0.15, -0.1) is 0 Å². The number of aromatic hydroxyl groups is 3. The van der Waals surface area contributed by atoms with E-state index in [-0.39, 0.29) is 0 Å². The summed E-state index contributed by atoms with van der Waals surface area (Å²) in [5.74, 6) is -13.9. The maximum absolute atomic E-state index is 12.1. The van der Waals surface area contributed by atoms with Crippen LogP contribution in [0.15, 0.2) is 17.7 Å². The van der Waals surface area contributed by atoms with Crippen LogP contribution < -0.4 is 0 Å². The first-order chi connectivity index (χ1) is 11.1. The standard InChI is InChI=1S/C14H8O10/c15-5-1-3(13(21)22)7(11(19)9(5)17)8-4(14(23)24)2-6(16)10(18)12(8)20/h1-2,7,16,18,20H,(H,21,22)(H,23,24). The van der Waals surface area contributed by atoms with E-state index in [0.717, 1.165) is 0 Å². The molecule has 0 aromatic heterocycles. The van der Waals surface area contributed by atoms with Gasteiger partial charge in [-0.05, 0) is 6.07 Å². The number of carbonyl (C=O) groups excluding carboxylic acids is 3. The van der Waals surface area contributed by atoms with Crippen molar-refractivity contribution in [3.8, 4) is 17.2 Å². The van der Waals surface area contributed by atoms with Gasteiger partial charge in [0, 0.05) is 11.6 Å². The molecule has 1 aliphatic carbocycles. The number of carboxylic acid groups (broad SMARTS) is 2. The summed E-state index contributed by atoms with van der Waals surface area (Å²) < 4.78 is 0. The molecule has 10 nitrogen and oxygen atoms in total. The molecule has 1 unspecified atom stereocenters. The minimum atomic E-state index is -2.13. The van der Waals surface area contributed by atoms with E-state index in [1.807, 2.05) is 0 Å². The molecular weight excluding hydrogens is 328 g/mol. The Morgan fingerprint density at radius 2 is 1.50 bits per heavy atom. The van der Waals surface area contributed by atoms with E-state index in [1.54, 1.807) is 0 Å². The summed E-state index contributed by atoms with van der Waals surface area (Å²) in [6.45, 7) is 0. The number of rotatable bonds is 3. The van der Waals surface area contributed by atoms with E-state index in [2.05, 4.69) is 0 Å². The summed E-state index contributed by atoms with van der Waals surface area (Å²) in [6.07, 6.45) is 0.339. The maximum Gasteiger partial charge on any atom is 0.336 e. The fourth-order valence-corrected chi connectivity index (χ4v) is 2.28. The second kappa shape index (κ2) is 5.50. The largest absolute Gasteiger partial charge is 0.504 e. The average molecular weight is 336 g/mol. The van der Waals surface area contributed by atoms with Crippen molar-refractivity contribution in [2.75, 3.05) is 0 Å². The van der Waals surface area contributed by atoms with Crippen LogP contribution in [0.1, 0.15) is 21.8 Å². The number of hydrogen-bond acceptors (Lipinski definition) is 8. The fraction of sp³-hybridized carbons (Fsp3) is 0.0714. The normalized spacial score (nSPS) is 17.6. The first-order valence-corrected chi connectivity index (χ1v) is 6.16. The third-order valence-corrected chi connectivity index (χ3v) is 3.37. The zero-order chi connectivity index (χ0) is 18.3. The molecule has 0 saturated carbocycles. The fourth-order valence-electron chi connectivity index (χ4n) is 2.28. The van der Waals surface area contributed by atoms with Crippen molar-refractivity contribution in [3.05, 3.63) is 28.8 Å². The number of aromatic carboxylic acids is 1. The van der Waals surface area contributed by atoms with Crippen molar-refractivity contribution < 1.29 is 49.5 Å². The lowest BCUT2D eigenvalue weighted by Crippen LogP contribution is -2.36. The minimum absolute atomic E-state index is 0.339. The molecule has 0 heterocycles. The Hall–Kier alpha value is -3.69. The predicted molar refractivity (Wildman–Crippen MR) is 71.9 cm³/mol. The Labute approximate surface area is 131 Å². The number of hydrogen-bond donors (Lipinski definition) is 5. The molecule has 1 aromatic carbocycles. The summed E-state index contributed by atoms with van der Waals surface area (Å²) in [7, 11) is 0. The van der Waals surface area contributed by atoms with Gasteiger partial charge in [-0.2, -0.15) is 0 Å². The molecule has 0 bridgehead atoms. The maximum atomic E-state index is 12.1. The van der Waals surface area contributed by atoms with Crippen molar-refractivity contribution in [2.24, 2.45) is 0 Å². The predicted octanol–water partition coefficient (Wildman–Crippen LogP) is -0.683. The Morgan fingerprint density at radius 1 is 0.917 bits per heavy atom. The molecule has 1 atom stereocenters. The van der Waals surface area contributed by atoms with E-state index in [4.69, 9.17) is 10.2 Å². The van der Waals surface area contributed by atoms with E-state index < -0.39 is 69.2 Å². The molecular formula is C14H8O10. The molecule has 124 valence electrons. The number of Topliss-reactive ketones (excluding diaryl/α,β-unsaturated/α-hetero) is 2. The van der Waals surface area contributed by atoms with Crippen LogP contribution in [0.2, 0.25) is 0 Å². The van der Waals surface area contributed by atoms with Gasteiger partial charge in [0.25, 0.3) is 5.78 Å². The third-order valence-electron chi connectivity index (χ3n) is 3.37. The molecule has 0 saturated heterocycles. The molecule has 0 fully saturated rings. The molecule has 2 rings (SSSR count). The molecule has 0 amide bonds. The van der Waals surface area contributed by atoms with Crippen molar-refractivity contribution in [1.82, 2.24) is 0 Å². The van der Waals surface area contributed by atoms with Gasteiger partial charge in [-0.1, -0.05) is 0 Å². The van der Waals surface area contributed by atoms with Gasteiger partial charge in [0.15, 0.2) is 11.5 Å². The summed E-state index contributed by atoms with van der Waals surface area (Å²) in [5.41, 5.74) is -2.79. The number of benzene rings is 1. The third kappa shape index (κ3) is 2.35. The van der Waals surface area contributed by atoms with Crippen LogP contribution in [0.4, 0.5) is 0 Å². The second-order valence-electron chi connectivity index (χ2n) is 4.75. The van der Waals surface area contributed by atoms with Crippen LogP contribution >= 0.6 is 0 Å². The van der Waals surface area contributed by atoms with Crippen LogP contribution in [-0.2, 0) is 19.2 Å². The Morgan fingerprint density at radius 3 is 2.00 bits per heavy atom. The van der Waals surface area contributed by atoms with E-state index in [1.165, 1.54) is 0 Å². The first-order valence-electron chi connectivity index (χ1n) is 6.16. The van der Waals surface area contributed by atoms with E-state index in [9.17, 15) is 39.3 Å². The average Bonchev–Trinajstić information content (AvgIpc) is 2.50. The topological polar surface area (TPSA) is 186 Å². The molecule has 0 radical (unpaired) electrons. The number of phenols is 3. The molecule has 10 heteroatoms. The highest BCUT2D eigenvalue weighted by molar-refractivity contribution is 6.69. The number of allylic oxidation sites excluding steroid dienone is 1. The lowest BCUT2D eigenvalue weighted by atomic mass is 9.78. The molecule has 0 aliphatic heterocycles. The molecule has 0 spiro atoms. The van der Waals surface area contributed by atoms with Gasteiger partial charge < -0.3 is 25.5 Å². The van der Waals surface area contributed by atoms with Crippen LogP contribution in [0, 0.1) is 0 Å². The Kier molecular flexibility index (Phi) is 3.82. The van der Waals surface area contributed by atoms with Gasteiger partial charge in [-0.3, -0.25) is 14.4 Å². The van der Waals surface area contributed by atoms with Crippen LogP contribution in [-0.4, -0.2) is 54.8 Å². The quantitative estimate of drug-likeness (QED) is 0.349. The van der Waals surface area contributed by atoms with Crippen molar-refractivity contribution in [2.45, 2.75) is 5.92 Å². The summed E-state index contributed by atoms with van der Waals surface area (Å²) in [4.78, 5) is 57.5. The van der Waals surface area contributed by atoms with Crippen molar-refractivity contribution in [1.29, 1.82) is 0 Å². The van der Waals surface area contributed by atoms with Crippen LogP contribution in [0.3, 0.4) is 0 Å². The molecule has 1 aliphatic rings. The van der Waals surface area contributed by atoms with Crippen molar-refractivity contribution >= 4 is 29.3 Å². The van der Waals surface area contributed by atoms with Gasteiger partial charge in [0.1, 0.15) is 0 Å². The Balaban J connectivity index is 2.89. The van der Waals surface area contributed by atoms with Crippen LogP contribution in [0.5, 0.6) is 17.2 Å². The summed E-state index contributed by atoms with van der Waals surface area (Å²) >= 11 is 0. The lowest BCUT2D eigenvalue weighted by molar-refractivity contribution is -0.144. The van der Waals surface area contributed by atoms with E-state index in [0.29, 0.717) is 12.1 Å². The number of aliphatic carboxylic acids is 1. The van der Waals surface area contributed by atoms with Crippen LogP contribution in [0.25, 0.3) is 0 Å². The number of ketones is 3. The number of carboxylic acids is 2. The van der Waals surface area contributed by atoms with Gasteiger partial charge in [0.05, 0.1) is 17.1 Å². The monoisotopic (exact) mass is 336 g/mol. The molecule has 5 N–H and O–H groups in total. The summed E-state index contributed by atoms with van der Waals surface area (Å²) in [5, 5.41) is 47.0. The highest BCUT2D eigenvalue weighted by Gasteiger charge is 2.44. The molecule has 24 heavy (non-hydrogen) atoms. The number of carbonyl (C=O) groups is 5. The van der Waals surface area contributed by atoms with Gasteiger partial charge in [-0.25, -0.2) is 9.59 Å². The Bertz CT molecular complexity index is 861. The highest BCUT2D eigenvalue weighted by atomic mass is 16.4. The minimum Gasteiger partial charge on any atom is -0.504 e. The van der Waals surface area contributed by atoms with Crippen molar-refractivity contribution in [3.63, 3.8) is 0 Å². The first kappa shape index (κ1) is 16.7. The van der Waals surface area contributed by atoms with E-state index >= 15 is 0 Å². The highest BCUT2D eigenvalue weighted by Crippen LogP contribution is 2.45.